The molecule has 6 heterocycles. The molecule has 634 valence electrons. The van der Waals surface area contributed by atoms with Gasteiger partial charge in [0.25, 0.3) is 25.8 Å². The zero-order valence-electron chi connectivity index (χ0n) is 67.9. The van der Waals surface area contributed by atoms with Gasteiger partial charge < -0.3 is 50.3 Å². The molecule has 0 spiro atoms. The molecule has 1 aliphatic carbocycles. The van der Waals surface area contributed by atoms with E-state index >= 15 is 0 Å². The van der Waals surface area contributed by atoms with Crippen LogP contribution < -0.4 is 25.6 Å². The molecule has 1 aromatic heterocycles. The molecule has 117 heavy (non-hydrogen) atoms. The average molecular weight is 1710 g/mol. The molecule has 0 radical (unpaired) electrons. The molecule has 5 saturated heterocycles. The van der Waals surface area contributed by atoms with Crippen molar-refractivity contribution in [1.29, 1.82) is 0 Å². The van der Waals surface area contributed by atoms with Crippen LogP contribution in [0.3, 0.4) is 0 Å². The number of unbranched alkanes of at least 4 members (excludes halogenated alkanes) is 1. The quantitative estimate of drug-likeness (QED) is 0.0207. The van der Waals surface area contributed by atoms with Gasteiger partial charge in [0.15, 0.2) is 0 Å². The van der Waals surface area contributed by atoms with E-state index < -0.39 is 82.3 Å². The first-order valence-electron chi connectivity index (χ1n) is 41.2. The van der Waals surface area contributed by atoms with Crippen LogP contribution in [0.2, 0.25) is 5.02 Å². The topological polar surface area (TPSA) is 264 Å². The summed E-state index contributed by atoms with van der Waals surface area (Å²) < 4.78 is 105. The molecular formula is C87H113ClF3N11O11S4. The normalized spacial score (nSPS) is 21.0. The van der Waals surface area contributed by atoms with Crippen molar-refractivity contribution in [3.63, 3.8) is 0 Å². The van der Waals surface area contributed by atoms with Crippen molar-refractivity contribution < 1.29 is 63.8 Å². The van der Waals surface area contributed by atoms with Gasteiger partial charge in [0, 0.05) is 137 Å². The number of halogens is 4. The molecule has 1 unspecified atom stereocenters. The molecule has 6 aliphatic rings. The number of nitrogens with one attached hydrogen (secondary N) is 4. The summed E-state index contributed by atoms with van der Waals surface area (Å²) in [7, 11) is -11.0. The summed E-state index contributed by atoms with van der Waals surface area (Å²) in [5.74, 6) is -0.551. The molecule has 5 aromatic carbocycles. The van der Waals surface area contributed by atoms with Gasteiger partial charge in [-0.15, -0.1) is 23.1 Å². The molecule has 0 saturated carbocycles. The van der Waals surface area contributed by atoms with Crippen LogP contribution in [0.25, 0.3) is 16.0 Å². The van der Waals surface area contributed by atoms with Crippen molar-refractivity contribution in [2.45, 2.75) is 182 Å². The number of anilines is 2. The number of thiazole rings is 1. The van der Waals surface area contributed by atoms with Gasteiger partial charge in [-0.3, -0.25) is 28.9 Å². The number of alkyl halides is 3. The predicted molar refractivity (Wildman–Crippen MR) is 454 cm³/mol. The minimum Gasteiger partial charge on any atom is -0.391 e. The lowest BCUT2D eigenvalue weighted by atomic mass is 9.70. The highest BCUT2D eigenvalue weighted by Gasteiger charge is 2.49. The first kappa shape index (κ1) is 88.8. The van der Waals surface area contributed by atoms with Crippen molar-refractivity contribution >= 4 is 101 Å². The van der Waals surface area contributed by atoms with E-state index in [0.717, 1.165) is 155 Å². The molecule has 30 heteroatoms. The zero-order valence-corrected chi connectivity index (χ0v) is 71.9. The molecule has 5 amide bonds. The van der Waals surface area contributed by atoms with Gasteiger partial charge in [-0.2, -0.15) is 13.2 Å². The van der Waals surface area contributed by atoms with Crippen LogP contribution >= 0.6 is 34.7 Å². The summed E-state index contributed by atoms with van der Waals surface area (Å²) in [6, 6.07) is 31.6. The Morgan fingerprint density at radius 3 is 2.11 bits per heavy atom. The van der Waals surface area contributed by atoms with Crippen LogP contribution in [0.5, 0.6) is 0 Å². The number of amides is 5. The van der Waals surface area contributed by atoms with E-state index in [4.69, 9.17) is 16.3 Å². The molecule has 6 aromatic rings. The number of ether oxygens (including phenoxy) is 1. The number of aromatic nitrogens is 1. The maximum absolute atomic E-state index is 14.5. The Balaban J connectivity index is 0.579. The third kappa shape index (κ3) is 23.4. The number of rotatable bonds is 30. The second-order valence-electron chi connectivity index (χ2n) is 33.9. The van der Waals surface area contributed by atoms with Crippen molar-refractivity contribution in [3.8, 4) is 10.4 Å². The molecule has 5 aliphatic heterocycles. The number of thioether (sulfide) groups is 1. The summed E-state index contributed by atoms with van der Waals surface area (Å²) in [5, 5.41) is 20.5. The van der Waals surface area contributed by atoms with Gasteiger partial charge in [-0.25, -0.2) is 26.5 Å². The van der Waals surface area contributed by atoms with Gasteiger partial charge in [0.1, 0.15) is 17.0 Å². The number of aliphatic hydroxyl groups excluding tert-OH is 1. The number of hydrogen-bond acceptors (Lipinski definition) is 19. The van der Waals surface area contributed by atoms with Gasteiger partial charge in [-0.1, -0.05) is 99.5 Å². The Bertz CT molecular complexity index is 4660. The minimum atomic E-state index is -6.11. The Morgan fingerprint density at radius 2 is 1.44 bits per heavy atom. The maximum atomic E-state index is 14.5. The third-order valence-corrected chi connectivity index (χ3v) is 29.4. The summed E-state index contributed by atoms with van der Waals surface area (Å²) >= 11 is 9.44. The molecule has 6 atom stereocenters. The number of hydrogen-bond donors (Lipinski definition) is 5. The Kier molecular flexibility index (Phi) is 29.9. The van der Waals surface area contributed by atoms with E-state index in [0.29, 0.717) is 93.8 Å². The van der Waals surface area contributed by atoms with Crippen molar-refractivity contribution in [3.05, 3.63) is 160 Å². The van der Waals surface area contributed by atoms with Crippen molar-refractivity contribution in [1.82, 2.24) is 44.8 Å². The van der Waals surface area contributed by atoms with Gasteiger partial charge >= 0.3 is 5.51 Å². The maximum Gasteiger partial charge on any atom is 0.501 e. The number of nitrogens with zero attached hydrogens (tertiary/aromatic N) is 7. The van der Waals surface area contributed by atoms with Crippen LogP contribution in [0.4, 0.5) is 24.5 Å². The number of piperazine rings is 1. The number of likely N-dealkylation sites (tertiary alicyclic amines) is 3. The molecule has 5 N–H and O–H groups in total. The second kappa shape index (κ2) is 39.4. The Morgan fingerprint density at radius 1 is 0.769 bits per heavy atom. The smallest absolute Gasteiger partial charge is 0.391 e. The van der Waals surface area contributed by atoms with E-state index in [1.807, 2.05) is 116 Å². The monoisotopic (exact) mass is 1710 g/mol. The third-order valence-electron chi connectivity index (χ3n) is 24.2. The SMILES string of the molecule is Cc1ncsc1-c1ccc([C@H](C)NC(=O)C2C[C@@H](O)CN2C(=O)[C@@H](NC(=O)CCCCC(=O)N2CCC(C3CCN(C[C@]4(C)CCC(c5ccc(Cl)cc5)=C(CN5CCN(c6ccc(C(=O)NS(=O)(=O)c7ccc(N[C@H](CCN8CCCOCC8)CSc8ccccc8)c(S(=O)(=O)C(F)(F)F)c7)cc6)CC5)C4)CC3)CC2)C(C)(C)C)cc1. The molecule has 0 bridgehead atoms. The van der Waals surface area contributed by atoms with Gasteiger partial charge in [0.05, 0.1) is 45.4 Å². The predicted octanol–water partition coefficient (Wildman–Crippen LogP) is 13.5. The summed E-state index contributed by atoms with van der Waals surface area (Å²) in [5.41, 5.74) is 2.61. The van der Waals surface area contributed by atoms with Gasteiger partial charge in [0.2, 0.25) is 23.6 Å². The van der Waals surface area contributed by atoms with E-state index in [9.17, 15) is 59.1 Å². The fourth-order valence-corrected chi connectivity index (χ4v) is 21.4. The number of carbonyl (C=O) groups is 5. The fourth-order valence-electron chi connectivity index (χ4n) is 17.4. The van der Waals surface area contributed by atoms with Crippen LogP contribution in [-0.4, -0.2) is 221 Å². The Labute approximate surface area is 700 Å². The van der Waals surface area contributed by atoms with E-state index in [1.165, 1.54) is 45.5 Å². The van der Waals surface area contributed by atoms with E-state index in [-0.39, 0.29) is 54.1 Å². The second-order valence-corrected chi connectivity index (χ2v) is 39.9. The minimum absolute atomic E-state index is 0.0247. The van der Waals surface area contributed by atoms with Crippen LogP contribution in [-0.2, 0) is 43.8 Å². The zero-order chi connectivity index (χ0) is 83.4. The van der Waals surface area contributed by atoms with Gasteiger partial charge in [-0.05, 0) is 209 Å². The van der Waals surface area contributed by atoms with E-state index in [1.54, 1.807) is 23.5 Å². The highest BCUT2D eigenvalue weighted by Crippen LogP contribution is 2.46. The molecule has 22 nitrogen and oxygen atoms in total. The highest BCUT2D eigenvalue weighted by molar-refractivity contribution is 7.99. The number of carbonyl (C=O) groups excluding carboxylic acids is 5. The number of allylic oxidation sites excluding steroid dienone is 1. The number of sulfonamides is 1. The molecule has 12 rings (SSSR count). The Hall–Kier alpha value is -7.45. The lowest BCUT2D eigenvalue weighted by molar-refractivity contribution is -0.144. The van der Waals surface area contributed by atoms with Crippen LogP contribution in [0, 0.1) is 29.6 Å². The lowest BCUT2D eigenvalue weighted by Crippen LogP contribution is -2.57. The molecule has 5 fully saturated rings. The van der Waals surface area contributed by atoms with Crippen LogP contribution in [0.1, 0.15) is 158 Å². The van der Waals surface area contributed by atoms with Crippen LogP contribution in [0.15, 0.2) is 147 Å². The highest BCUT2D eigenvalue weighted by atomic mass is 35.5. The number of piperidine rings is 2. The van der Waals surface area contributed by atoms with E-state index in [2.05, 4.69) is 59.6 Å². The number of aryl methyl sites for hydroxylation is 1. The summed E-state index contributed by atoms with van der Waals surface area (Å²) in [4.78, 5) is 86.3. The van der Waals surface area contributed by atoms with Crippen molar-refractivity contribution in [2.24, 2.45) is 22.7 Å². The number of aliphatic hydroxyl groups is 1. The largest absolute Gasteiger partial charge is 0.501 e. The first-order valence-corrected chi connectivity index (χ1v) is 46.4. The standard InChI is InChI=1S/C87H113ClF3N11O11S4/c1-59(61-17-19-65(20-18-61)80-60(2)92-58-115-80)93-83(107)76-51-71(103)55-102(76)84(108)81(85(3,4)5)95-78(104)15-10-11-16-79(105)101-42-34-63(35-43-101)62-32-39-99(40-33-62)57-86(6)37-31-74(64-21-25-68(88)26-22-64)67(53-86)54-98-44-46-100(47-45-98)70-27-23-66(24-28-70)82(106)96-117(111,112)73-29-30-75(77(52-73)116(109,110)87(89,90)91)94-69(56-114-72-13-8-7-9-14-72)36-41-97-38-12-49-113-50-48-97/h7-9,13-14,17-30,52,58-59,62-63,69,71,76,81,94,103H,10-12,15-16,31-51,53-57H2,1-6H3,(H,93,107)(H,95,104)(H,96,106)/t59-,69+,71+,76?,81+,86+/m0/s1. The number of β-amino-alcohol motifs (C(OH)–C–C–N with tert-alkyl or cyclic N) is 1. The number of sulfone groups is 1. The summed E-state index contributed by atoms with van der Waals surface area (Å²) in [6.45, 7) is 23.1. The fraction of sp³-hybridized carbons (Fsp3) is 0.540. The lowest BCUT2D eigenvalue weighted by Gasteiger charge is -2.45. The number of benzene rings is 5. The van der Waals surface area contributed by atoms with Crippen molar-refractivity contribution in [2.75, 3.05) is 121 Å². The average Bonchev–Trinajstić information content (AvgIpc) is 1.36. The summed E-state index contributed by atoms with van der Waals surface area (Å²) in [6.07, 6.45) is 9.02. The first-order chi connectivity index (χ1) is 55.8. The molecular weight excluding hydrogens is 1600 g/mol.